The molecular formula is C22H24N4OS. The van der Waals surface area contributed by atoms with Crippen LogP contribution in [0.1, 0.15) is 59.4 Å². The molecule has 1 aliphatic heterocycles. The second-order valence-electron chi connectivity index (χ2n) is 7.76. The van der Waals surface area contributed by atoms with Crippen LogP contribution in [-0.4, -0.2) is 19.6 Å². The molecule has 1 N–H and O–H groups in total. The summed E-state index contributed by atoms with van der Waals surface area (Å²) in [7, 11) is 0. The number of rotatable bonds is 5. The maximum absolute atomic E-state index is 5.75. The first-order chi connectivity index (χ1) is 13.6. The van der Waals surface area contributed by atoms with Crippen molar-refractivity contribution in [1.29, 1.82) is 0 Å². The van der Waals surface area contributed by atoms with E-state index in [1.807, 2.05) is 30.5 Å². The molecule has 0 spiro atoms. The van der Waals surface area contributed by atoms with Crippen LogP contribution in [0.15, 0.2) is 53.3 Å². The molecule has 2 fully saturated rings. The lowest BCUT2D eigenvalue weighted by Gasteiger charge is -2.27. The molecule has 144 valence electrons. The van der Waals surface area contributed by atoms with E-state index in [4.69, 9.17) is 16.6 Å². The van der Waals surface area contributed by atoms with Crippen molar-refractivity contribution >= 4 is 17.3 Å². The van der Waals surface area contributed by atoms with Crippen molar-refractivity contribution in [1.82, 2.24) is 19.8 Å². The first-order valence-corrected chi connectivity index (χ1v) is 10.2. The number of pyridine rings is 1. The fraction of sp³-hybridized carbons (Fsp3) is 0.364. The average Bonchev–Trinajstić information content (AvgIpc) is 3.16. The summed E-state index contributed by atoms with van der Waals surface area (Å²) in [4.78, 5) is 6.87. The van der Waals surface area contributed by atoms with Gasteiger partial charge in [0, 0.05) is 23.6 Å². The van der Waals surface area contributed by atoms with E-state index >= 15 is 0 Å². The second-order valence-corrected chi connectivity index (χ2v) is 8.15. The van der Waals surface area contributed by atoms with E-state index in [9.17, 15) is 0 Å². The molecule has 2 atom stereocenters. The largest absolute Gasteiger partial charge is 0.467 e. The average molecular weight is 393 g/mol. The van der Waals surface area contributed by atoms with E-state index < -0.39 is 0 Å². The molecule has 3 aromatic rings. The summed E-state index contributed by atoms with van der Waals surface area (Å²) in [5.41, 5.74) is 4.99. The molecule has 6 heteroatoms. The lowest BCUT2D eigenvalue weighted by atomic mass is 9.96. The van der Waals surface area contributed by atoms with Crippen LogP contribution < -0.4 is 5.32 Å². The van der Waals surface area contributed by atoms with Gasteiger partial charge in [-0.25, -0.2) is 0 Å². The van der Waals surface area contributed by atoms with Crippen LogP contribution in [0.5, 0.6) is 0 Å². The van der Waals surface area contributed by atoms with Gasteiger partial charge in [-0.05, 0) is 74.8 Å². The zero-order valence-corrected chi connectivity index (χ0v) is 16.9. The Bertz CT molecular complexity index is 991. The highest BCUT2D eigenvalue weighted by atomic mass is 32.1. The summed E-state index contributed by atoms with van der Waals surface area (Å²) in [6.07, 6.45) is 6.11. The molecule has 0 aromatic carbocycles. The zero-order valence-electron chi connectivity index (χ0n) is 16.1. The van der Waals surface area contributed by atoms with Gasteiger partial charge in [0.25, 0.3) is 0 Å². The minimum atomic E-state index is 0.0109. The second kappa shape index (κ2) is 6.78. The minimum Gasteiger partial charge on any atom is -0.467 e. The molecule has 0 amide bonds. The monoisotopic (exact) mass is 392 g/mol. The molecule has 1 aliphatic carbocycles. The van der Waals surface area contributed by atoms with Crippen LogP contribution in [0.2, 0.25) is 0 Å². The number of aryl methyl sites for hydroxylation is 1. The van der Waals surface area contributed by atoms with Crippen molar-refractivity contribution in [2.24, 2.45) is 0 Å². The molecule has 1 saturated heterocycles. The SMILES string of the molecule is Cc1cc([C@H]2[C@H](c3ccccn3)NC(=S)N2Cc2ccco2)c(C)n1C1CC1. The normalized spacial score (nSPS) is 21.9. The fourth-order valence-corrected chi connectivity index (χ4v) is 4.79. The first-order valence-electron chi connectivity index (χ1n) is 9.82. The number of aromatic nitrogens is 2. The van der Waals surface area contributed by atoms with E-state index in [0.29, 0.717) is 12.6 Å². The van der Waals surface area contributed by atoms with Gasteiger partial charge in [0.05, 0.1) is 30.6 Å². The lowest BCUT2D eigenvalue weighted by molar-refractivity contribution is 0.286. The van der Waals surface area contributed by atoms with Crippen molar-refractivity contribution in [3.63, 3.8) is 0 Å². The van der Waals surface area contributed by atoms with E-state index in [0.717, 1.165) is 16.6 Å². The highest BCUT2D eigenvalue weighted by Crippen LogP contribution is 2.45. The van der Waals surface area contributed by atoms with Gasteiger partial charge in [0.2, 0.25) is 0 Å². The number of hydrogen-bond donors (Lipinski definition) is 1. The van der Waals surface area contributed by atoms with Gasteiger partial charge in [-0.15, -0.1) is 0 Å². The Morgan fingerprint density at radius 2 is 2.07 bits per heavy atom. The number of nitrogens with zero attached hydrogens (tertiary/aromatic N) is 3. The molecule has 1 saturated carbocycles. The van der Waals surface area contributed by atoms with Crippen molar-refractivity contribution in [3.8, 4) is 0 Å². The van der Waals surface area contributed by atoms with Gasteiger partial charge in [-0.2, -0.15) is 0 Å². The van der Waals surface area contributed by atoms with Crippen molar-refractivity contribution in [2.75, 3.05) is 0 Å². The molecule has 5 rings (SSSR count). The highest BCUT2D eigenvalue weighted by molar-refractivity contribution is 7.80. The number of thiocarbonyl (C=S) groups is 1. The topological polar surface area (TPSA) is 46.2 Å². The molecule has 4 heterocycles. The molecule has 0 radical (unpaired) electrons. The van der Waals surface area contributed by atoms with Gasteiger partial charge in [0.1, 0.15) is 5.76 Å². The standard InChI is InChI=1S/C22H24N4OS/c1-14-12-18(15(2)26(14)16-8-9-16)21-20(19-7-3-4-10-23-19)24-22(28)25(21)13-17-6-5-11-27-17/h3-7,10-12,16,20-21H,8-9,13H2,1-2H3,(H,24,28)/t20-,21-/m0/s1. The van der Waals surface area contributed by atoms with Crippen LogP contribution >= 0.6 is 12.2 Å². The summed E-state index contributed by atoms with van der Waals surface area (Å²) in [6, 6.07) is 13.1. The fourth-order valence-electron chi connectivity index (χ4n) is 4.48. The molecule has 28 heavy (non-hydrogen) atoms. The predicted octanol–water partition coefficient (Wildman–Crippen LogP) is 4.60. The minimum absolute atomic E-state index is 0.0109. The van der Waals surface area contributed by atoms with Gasteiger partial charge >= 0.3 is 0 Å². The third-order valence-corrected chi connectivity index (χ3v) is 6.21. The van der Waals surface area contributed by atoms with Gasteiger partial charge in [0.15, 0.2) is 5.11 Å². The maximum Gasteiger partial charge on any atom is 0.170 e. The number of hydrogen-bond acceptors (Lipinski definition) is 3. The van der Waals surface area contributed by atoms with Gasteiger partial charge in [-0.1, -0.05) is 6.07 Å². The lowest BCUT2D eigenvalue weighted by Crippen LogP contribution is -2.29. The van der Waals surface area contributed by atoms with Crippen LogP contribution in [-0.2, 0) is 6.54 Å². The summed E-state index contributed by atoms with van der Waals surface area (Å²) in [5.74, 6) is 0.909. The van der Waals surface area contributed by atoms with E-state index in [-0.39, 0.29) is 12.1 Å². The van der Waals surface area contributed by atoms with Gasteiger partial charge in [-0.3, -0.25) is 4.98 Å². The highest BCUT2D eigenvalue weighted by Gasteiger charge is 2.42. The Morgan fingerprint density at radius 3 is 2.75 bits per heavy atom. The molecule has 0 unspecified atom stereocenters. The summed E-state index contributed by atoms with van der Waals surface area (Å²) < 4.78 is 8.12. The third kappa shape index (κ3) is 2.92. The Kier molecular flexibility index (Phi) is 4.23. The Labute approximate surface area is 170 Å². The van der Waals surface area contributed by atoms with E-state index in [2.05, 4.69) is 45.7 Å². The van der Waals surface area contributed by atoms with Crippen molar-refractivity contribution in [3.05, 3.63) is 77.3 Å². The maximum atomic E-state index is 5.75. The molecule has 0 bridgehead atoms. The number of furan rings is 1. The molecule has 2 aliphatic rings. The Hall–Kier alpha value is -2.60. The van der Waals surface area contributed by atoms with E-state index in [1.54, 1.807) is 6.26 Å². The van der Waals surface area contributed by atoms with Crippen LogP contribution in [0.25, 0.3) is 0 Å². The first kappa shape index (κ1) is 17.5. The quantitative estimate of drug-likeness (QED) is 0.643. The zero-order chi connectivity index (χ0) is 19.3. The summed E-state index contributed by atoms with van der Waals surface area (Å²) in [5, 5.41) is 4.27. The summed E-state index contributed by atoms with van der Waals surface area (Å²) in [6.45, 7) is 5.09. The Balaban J connectivity index is 1.59. The van der Waals surface area contributed by atoms with Crippen LogP contribution in [0.3, 0.4) is 0 Å². The molecule has 5 nitrogen and oxygen atoms in total. The summed E-state index contributed by atoms with van der Waals surface area (Å²) >= 11 is 5.75. The van der Waals surface area contributed by atoms with Crippen LogP contribution in [0.4, 0.5) is 0 Å². The third-order valence-electron chi connectivity index (χ3n) is 5.86. The van der Waals surface area contributed by atoms with Crippen molar-refractivity contribution in [2.45, 2.75) is 51.4 Å². The molecule has 3 aromatic heterocycles. The predicted molar refractivity (Wildman–Crippen MR) is 112 cm³/mol. The Morgan fingerprint density at radius 1 is 1.21 bits per heavy atom. The number of nitrogens with one attached hydrogen (secondary N) is 1. The molecular weight excluding hydrogens is 368 g/mol. The van der Waals surface area contributed by atoms with Gasteiger partial charge < -0.3 is 19.2 Å². The smallest absolute Gasteiger partial charge is 0.170 e. The van der Waals surface area contributed by atoms with Crippen LogP contribution in [0, 0.1) is 13.8 Å². The van der Waals surface area contributed by atoms with Crippen molar-refractivity contribution < 1.29 is 4.42 Å². The van der Waals surface area contributed by atoms with E-state index in [1.165, 1.54) is 29.8 Å².